The summed E-state index contributed by atoms with van der Waals surface area (Å²) in [4.78, 5) is 16.9. The summed E-state index contributed by atoms with van der Waals surface area (Å²) in [5.41, 5.74) is 0.335. The molecule has 1 aliphatic heterocycles. The molecule has 1 fully saturated rings. The van der Waals surface area contributed by atoms with Crippen molar-refractivity contribution in [2.75, 3.05) is 13.2 Å². The molecule has 8 heteroatoms. The van der Waals surface area contributed by atoms with Crippen molar-refractivity contribution in [3.63, 3.8) is 0 Å². The van der Waals surface area contributed by atoms with Gasteiger partial charge in [-0.1, -0.05) is 16.8 Å². The minimum absolute atomic E-state index is 0.0774. The number of benzene rings is 1. The van der Waals surface area contributed by atoms with E-state index >= 15 is 0 Å². The lowest BCUT2D eigenvalue weighted by Gasteiger charge is -2.35. The average Bonchev–Trinajstić information content (AvgIpc) is 3.26. The molecule has 1 aliphatic rings. The predicted octanol–water partition coefficient (Wildman–Crippen LogP) is 3.30. The van der Waals surface area contributed by atoms with Gasteiger partial charge in [0.2, 0.25) is 12.3 Å². The average molecular weight is 378 g/mol. The zero-order valence-electron chi connectivity index (χ0n) is 13.3. The molecule has 2 aromatic heterocycles. The Balaban J connectivity index is 1.56. The first-order valence-electron chi connectivity index (χ1n) is 7.97. The molecule has 3 heterocycles. The van der Waals surface area contributed by atoms with Crippen molar-refractivity contribution in [1.29, 1.82) is 0 Å². The molecule has 0 unspecified atom stereocenters. The summed E-state index contributed by atoms with van der Waals surface area (Å²) >= 11 is 7.70. The summed E-state index contributed by atoms with van der Waals surface area (Å²) < 4.78 is 11.4. The highest BCUT2D eigenvalue weighted by Gasteiger charge is 2.39. The molecule has 0 saturated carbocycles. The van der Waals surface area contributed by atoms with Gasteiger partial charge in [0.25, 0.3) is 0 Å². The van der Waals surface area contributed by atoms with Crippen molar-refractivity contribution < 1.29 is 14.1 Å². The minimum Gasteiger partial charge on any atom is -0.381 e. The first-order chi connectivity index (χ1) is 12.2. The Labute approximate surface area is 153 Å². The van der Waals surface area contributed by atoms with Crippen LogP contribution in [-0.4, -0.2) is 29.3 Å². The van der Waals surface area contributed by atoms with Crippen LogP contribution in [0.4, 0.5) is 0 Å². The van der Waals surface area contributed by atoms with Crippen LogP contribution in [0.25, 0.3) is 10.1 Å². The van der Waals surface area contributed by atoms with Gasteiger partial charge in [0.05, 0.1) is 6.42 Å². The molecule has 3 aromatic rings. The van der Waals surface area contributed by atoms with Gasteiger partial charge in [0, 0.05) is 35.8 Å². The lowest BCUT2D eigenvalue weighted by atomic mass is 9.88. The number of carbonyl (C=O) groups is 1. The molecule has 1 N–H and O–H groups in total. The third-order valence-electron chi connectivity index (χ3n) is 4.48. The van der Waals surface area contributed by atoms with Crippen molar-refractivity contribution in [1.82, 2.24) is 15.5 Å². The molecular weight excluding hydrogens is 362 g/mol. The number of hydrogen-bond donors (Lipinski definition) is 1. The van der Waals surface area contributed by atoms with Crippen LogP contribution in [-0.2, 0) is 21.5 Å². The molecular formula is C17H16ClN3O3S. The third-order valence-corrected chi connectivity index (χ3v) is 5.73. The molecule has 25 heavy (non-hydrogen) atoms. The number of aromatic nitrogens is 2. The van der Waals surface area contributed by atoms with Gasteiger partial charge >= 0.3 is 0 Å². The number of rotatable bonds is 4. The molecule has 4 rings (SSSR count). The summed E-state index contributed by atoms with van der Waals surface area (Å²) in [6, 6.07) is 5.74. The molecule has 1 saturated heterocycles. The van der Waals surface area contributed by atoms with E-state index in [2.05, 4.69) is 15.5 Å². The number of hydrogen-bond acceptors (Lipinski definition) is 6. The van der Waals surface area contributed by atoms with E-state index in [1.54, 1.807) is 11.3 Å². The predicted molar refractivity (Wildman–Crippen MR) is 94.7 cm³/mol. The van der Waals surface area contributed by atoms with Gasteiger partial charge in [-0.3, -0.25) is 4.79 Å². The number of fused-ring (bicyclic) bond motifs is 1. The van der Waals surface area contributed by atoms with Crippen LogP contribution < -0.4 is 5.32 Å². The first kappa shape index (κ1) is 16.5. The van der Waals surface area contributed by atoms with Crippen LogP contribution in [0.2, 0.25) is 5.02 Å². The Hall–Kier alpha value is -1.96. The number of ether oxygens (including phenoxy) is 1. The fourth-order valence-corrected chi connectivity index (χ4v) is 4.30. The largest absolute Gasteiger partial charge is 0.381 e. The Morgan fingerprint density at radius 2 is 2.20 bits per heavy atom. The molecule has 130 valence electrons. The second-order valence-corrected chi connectivity index (χ2v) is 7.42. The van der Waals surface area contributed by atoms with E-state index < -0.39 is 5.54 Å². The molecule has 1 aromatic carbocycles. The van der Waals surface area contributed by atoms with Gasteiger partial charge in [-0.2, -0.15) is 4.98 Å². The van der Waals surface area contributed by atoms with Gasteiger partial charge in [0.1, 0.15) is 5.54 Å². The summed E-state index contributed by atoms with van der Waals surface area (Å²) in [5.74, 6) is 0.425. The van der Waals surface area contributed by atoms with E-state index in [0.717, 1.165) is 15.6 Å². The lowest BCUT2D eigenvalue weighted by molar-refractivity contribution is -0.124. The van der Waals surface area contributed by atoms with E-state index in [1.807, 2.05) is 23.6 Å². The molecule has 0 spiro atoms. The summed E-state index contributed by atoms with van der Waals surface area (Å²) in [6.45, 7) is 1.09. The Bertz CT molecular complexity index is 888. The summed E-state index contributed by atoms with van der Waals surface area (Å²) in [7, 11) is 0. The molecule has 0 atom stereocenters. The molecule has 0 radical (unpaired) electrons. The van der Waals surface area contributed by atoms with Gasteiger partial charge in [-0.25, -0.2) is 0 Å². The van der Waals surface area contributed by atoms with Crippen molar-refractivity contribution in [2.45, 2.75) is 24.8 Å². The number of halogens is 1. The maximum Gasteiger partial charge on any atom is 0.225 e. The molecule has 0 aliphatic carbocycles. The van der Waals surface area contributed by atoms with Crippen LogP contribution in [0.1, 0.15) is 24.2 Å². The zero-order chi connectivity index (χ0) is 17.3. The fraction of sp³-hybridized carbons (Fsp3) is 0.353. The van der Waals surface area contributed by atoms with E-state index in [-0.39, 0.29) is 12.3 Å². The van der Waals surface area contributed by atoms with E-state index in [0.29, 0.717) is 36.9 Å². The van der Waals surface area contributed by atoms with Gasteiger partial charge in [-0.05, 0) is 34.5 Å². The number of amides is 1. The van der Waals surface area contributed by atoms with Crippen molar-refractivity contribution in [2.24, 2.45) is 0 Å². The summed E-state index contributed by atoms with van der Waals surface area (Å²) in [6.07, 6.45) is 2.80. The van der Waals surface area contributed by atoms with E-state index in [1.165, 1.54) is 6.39 Å². The molecule has 0 bridgehead atoms. The zero-order valence-corrected chi connectivity index (χ0v) is 14.9. The second-order valence-electron chi connectivity index (χ2n) is 6.08. The van der Waals surface area contributed by atoms with E-state index in [9.17, 15) is 4.79 Å². The quantitative estimate of drug-likeness (QED) is 0.754. The number of carbonyl (C=O) groups excluding carboxylic acids is 1. The van der Waals surface area contributed by atoms with Crippen LogP contribution in [0.5, 0.6) is 0 Å². The fourth-order valence-electron chi connectivity index (χ4n) is 3.18. The highest BCUT2D eigenvalue weighted by atomic mass is 35.5. The normalized spacial score (nSPS) is 16.8. The second kappa shape index (κ2) is 6.74. The minimum atomic E-state index is -0.633. The Kier molecular flexibility index (Phi) is 4.45. The molecule has 6 nitrogen and oxygen atoms in total. The van der Waals surface area contributed by atoms with Gasteiger partial charge < -0.3 is 14.6 Å². The van der Waals surface area contributed by atoms with Gasteiger partial charge in [0.15, 0.2) is 5.82 Å². The number of nitrogens with one attached hydrogen (secondary N) is 1. The maximum atomic E-state index is 12.7. The van der Waals surface area contributed by atoms with Crippen LogP contribution in [0.15, 0.2) is 34.5 Å². The SMILES string of the molecule is O=C(Cc1csc2ccc(Cl)cc12)NC1(c2ncon2)CCOCC1. The Morgan fingerprint density at radius 1 is 1.36 bits per heavy atom. The highest BCUT2D eigenvalue weighted by molar-refractivity contribution is 7.17. The third kappa shape index (κ3) is 3.27. The van der Waals surface area contributed by atoms with Crippen LogP contribution in [0.3, 0.4) is 0 Å². The smallest absolute Gasteiger partial charge is 0.225 e. The standard InChI is InChI=1S/C17H16ClN3O3S/c18-12-1-2-14-13(8-12)11(9-25-14)7-15(22)20-17(3-5-23-6-4-17)16-19-10-24-21-16/h1-2,8-10H,3-7H2,(H,20,22). The molecule has 1 amide bonds. The van der Waals surface area contributed by atoms with Crippen LogP contribution in [0, 0.1) is 0 Å². The first-order valence-corrected chi connectivity index (χ1v) is 9.23. The lowest BCUT2D eigenvalue weighted by Crippen LogP contribution is -2.50. The van der Waals surface area contributed by atoms with Crippen molar-refractivity contribution in [3.8, 4) is 0 Å². The Morgan fingerprint density at radius 3 is 2.96 bits per heavy atom. The van der Waals surface area contributed by atoms with Crippen molar-refractivity contribution in [3.05, 3.63) is 46.4 Å². The monoisotopic (exact) mass is 377 g/mol. The highest BCUT2D eigenvalue weighted by Crippen LogP contribution is 2.31. The topological polar surface area (TPSA) is 77.3 Å². The van der Waals surface area contributed by atoms with Crippen molar-refractivity contribution >= 4 is 38.9 Å². The summed E-state index contributed by atoms with van der Waals surface area (Å²) in [5, 5.41) is 10.8. The number of thiophene rings is 1. The van der Waals surface area contributed by atoms with Gasteiger partial charge in [-0.15, -0.1) is 11.3 Å². The van der Waals surface area contributed by atoms with Crippen LogP contribution >= 0.6 is 22.9 Å². The number of nitrogens with zero attached hydrogens (tertiary/aromatic N) is 2. The van der Waals surface area contributed by atoms with E-state index in [4.69, 9.17) is 20.9 Å². The maximum absolute atomic E-state index is 12.7.